The third-order valence-corrected chi connectivity index (χ3v) is 3.24. The van der Waals surface area contributed by atoms with E-state index in [1.807, 2.05) is 0 Å². The zero-order valence-corrected chi connectivity index (χ0v) is 11.8. The average Bonchev–Trinajstić information content (AvgIpc) is 2.83. The van der Waals surface area contributed by atoms with E-state index in [1.54, 1.807) is 41.1 Å². The molecule has 0 atom stereocenters. The second-order valence-corrected chi connectivity index (χ2v) is 4.98. The molecule has 1 aromatic rings. The third-order valence-electron chi connectivity index (χ3n) is 3.24. The Hall–Kier alpha value is -2.25. The molecule has 0 bridgehead atoms. The zero-order chi connectivity index (χ0) is 14.7. The van der Waals surface area contributed by atoms with Crippen molar-refractivity contribution in [3.8, 4) is 0 Å². The summed E-state index contributed by atoms with van der Waals surface area (Å²) in [5.41, 5.74) is 5.51. The lowest BCUT2D eigenvalue weighted by Crippen LogP contribution is -2.53. The third kappa shape index (κ3) is 3.19. The Morgan fingerprint density at radius 1 is 1.25 bits per heavy atom. The van der Waals surface area contributed by atoms with Gasteiger partial charge < -0.3 is 20.4 Å². The molecule has 2 N–H and O–H groups in total. The van der Waals surface area contributed by atoms with E-state index in [2.05, 4.69) is 5.10 Å². The normalized spacial score (nSPS) is 15.3. The van der Waals surface area contributed by atoms with Crippen molar-refractivity contribution >= 4 is 17.8 Å². The first-order valence-corrected chi connectivity index (χ1v) is 6.50. The van der Waals surface area contributed by atoms with Crippen LogP contribution in [0.25, 0.3) is 0 Å². The summed E-state index contributed by atoms with van der Waals surface area (Å²) < 4.78 is 1.52. The van der Waals surface area contributed by atoms with E-state index in [0.29, 0.717) is 32.0 Å². The van der Waals surface area contributed by atoms with Crippen LogP contribution in [-0.4, -0.2) is 76.7 Å². The molecule has 0 spiro atoms. The van der Waals surface area contributed by atoms with E-state index in [0.717, 1.165) is 0 Å². The van der Waals surface area contributed by atoms with E-state index in [-0.39, 0.29) is 18.5 Å². The first kappa shape index (κ1) is 14.2. The second-order valence-electron chi connectivity index (χ2n) is 4.98. The Kier molecular flexibility index (Phi) is 4.11. The lowest BCUT2D eigenvalue weighted by Gasteiger charge is -2.35. The Balaban J connectivity index is 1.84. The van der Waals surface area contributed by atoms with Crippen LogP contribution in [0.1, 0.15) is 0 Å². The van der Waals surface area contributed by atoms with Gasteiger partial charge in [-0.3, -0.25) is 9.48 Å². The first-order valence-electron chi connectivity index (χ1n) is 6.50. The lowest BCUT2D eigenvalue weighted by molar-refractivity contribution is -0.133. The van der Waals surface area contributed by atoms with Crippen molar-refractivity contribution < 1.29 is 9.59 Å². The first-order chi connectivity index (χ1) is 9.47. The minimum Gasteiger partial charge on any atom is -0.382 e. The number of anilines is 1. The second kappa shape index (κ2) is 5.81. The molecular weight excluding hydrogens is 260 g/mol. The van der Waals surface area contributed by atoms with E-state index in [4.69, 9.17) is 5.73 Å². The summed E-state index contributed by atoms with van der Waals surface area (Å²) in [7, 11) is 3.45. The molecule has 0 aromatic carbocycles. The van der Waals surface area contributed by atoms with E-state index >= 15 is 0 Å². The molecule has 0 saturated carbocycles. The van der Waals surface area contributed by atoms with Gasteiger partial charge in [0.2, 0.25) is 5.91 Å². The fourth-order valence-corrected chi connectivity index (χ4v) is 2.13. The van der Waals surface area contributed by atoms with Gasteiger partial charge in [0.15, 0.2) is 0 Å². The van der Waals surface area contributed by atoms with Gasteiger partial charge in [-0.05, 0) is 6.07 Å². The molecule has 0 aliphatic carbocycles. The molecule has 1 saturated heterocycles. The molecule has 1 aliphatic rings. The van der Waals surface area contributed by atoms with Crippen LogP contribution in [0.4, 0.5) is 10.6 Å². The van der Waals surface area contributed by atoms with Gasteiger partial charge in [0.25, 0.3) is 0 Å². The van der Waals surface area contributed by atoms with Gasteiger partial charge in [-0.25, -0.2) is 4.79 Å². The van der Waals surface area contributed by atoms with Crippen LogP contribution < -0.4 is 5.73 Å². The van der Waals surface area contributed by atoms with Crippen LogP contribution in [0.2, 0.25) is 0 Å². The van der Waals surface area contributed by atoms with E-state index < -0.39 is 0 Å². The fraction of sp³-hybridized carbons (Fsp3) is 0.583. The number of carbonyl (C=O) groups excluding carboxylic acids is 2. The highest BCUT2D eigenvalue weighted by molar-refractivity contribution is 5.77. The number of nitrogen functional groups attached to an aromatic ring is 1. The van der Waals surface area contributed by atoms with Crippen molar-refractivity contribution in [1.82, 2.24) is 24.5 Å². The van der Waals surface area contributed by atoms with Crippen molar-refractivity contribution in [1.29, 1.82) is 0 Å². The number of nitrogens with zero attached hydrogens (tertiary/aromatic N) is 5. The molecule has 0 unspecified atom stereocenters. The van der Waals surface area contributed by atoms with Crippen LogP contribution in [0.5, 0.6) is 0 Å². The van der Waals surface area contributed by atoms with Gasteiger partial charge in [-0.15, -0.1) is 0 Å². The standard InChI is InChI=1S/C12H20N6O2/c1-15(2)12(20)17-7-5-16(6-8-17)11(19)9-18-4-3-10(13)14-18/h3-4H,5-9H2,1-2H3,(H2,13,14). The molecule has 20 heavy (non-hydrogen) atoms. The SMILES string of the molecule is CN(C)C(=O)N1CCN(C(=O)Cn2ccc(N)n2)CC1. The van der Waals surface area contributed by atoms with Gasteiger partial charge in [0.1, 0.15) is 12.4 Å². The van der Waals surface area contributed by atoms with Crippen LogP contribution in [0, 0.1) is 0 Å². The molecule has 1 fully saturated rings. The number of aromatic nitrogens is 2. The van der Waals surface area contributed by atoms with Gasteiger partial charge in [0, 0.05) is 46.5 Å². The smallest absolute Gasteiger partial charge is 0.319 e. The number of carbonyl (C=O) groups is 2. The van der Waals surface area contributed by atoms with Gasteiger partial charge in [-0.2, -0.15) is 5.10 Å². The number of hydrogen-bond acceptors (Lipinski definition) is 4. The Labute approximate surface area is 117 Å². The molecule has 110 valence electrons. The summed E-state index contributed by atoms with van der Waals surface area (Å²) in [5.74, 6) is 0.393. The predicted molar refractivity (Wildman–Crippen MR) is 73.9 cm³/mol. The summed E-state index contributed by atoms with van der Waals surface area (Å²) >= 11 is 0. The zero-order valence-electron chi connectivity index (χ0n) is 11.8. The summed E-state index contributed by atoms with van der Waals surface area (Å²) in [6.07, 6.45) is 1.68. The molecule has 8 nitrogen and oxygen atoms in total. The van der Waals surface area contributed by atoms with Crippen molar-refractivity contribution in [2.75, 3.05) is 46.0 Å². The van der Waals surface area contributed by atoms with Crippen LogP contribution in [0.15, 0.2) is 12.3 Å². The number of amides is 3. The van der Waals surface area contributed by atoms with Gasteiger partial charge in [-0.1, -0.05) is 0 Å². The van der Waals surface area contributed by atoms with E-state index in [1.165, 1.54) is 4.68 Å². The van der Waals surface area contributed by atoms with Crippen LogP contribution in [-0.2, 0) is 11.3 Å². The highest BCUT2D eigenvalue weighted by Crippen LogP contribution is 2.06. The van der Waals surface area contributed by atoms with Crippen molar-refractivity contribution in [2.45, 2.75) is 6.54 Å². The monoisotopic (exact) mass is 280 g/mol. The Bertz CT molecular complexity index is 490. The summed E-state index contributed by atoms with van der Waals surface area (Å²) in [4.78, 5) is 28.9. The van der Waals surface area contributed by atoms with Crippen molar-refractivity contribution in [3.05, 3.63) is 12.3 Å². The summed E-state index contributed by atoms with van der Waals surface area (Å²) in [6.45, 7) is 2.40. The minimum atomic E-state index is -0.0167. The molecular formula is C12H20N6O2. The number of piperazine rings is 1. The number of hydrogen-bond donors (Lipinski definition) is 1. The minimum absolute atomic E-state index is 0.00921. The molecule has 1 aliphatic heterocycles. The van der Waals surface area contributed by atoms with Gasteiger partial charge in [0.05, 0.1) is 0 Å². The number of rotatable bonds is 2. The molecule has 2 heterocycles. The van der Waals surface area contributed by atoms with E-state index in [9.17, 15) is 9.59 Å². The van der Waals surface area contributed by atoms with Crippen molar-refractivity contribution in [2.24, 2.45) is 0 Å². The maximum Gasteiger partial charge on any atom is 0.319 e. The quantitative estimate of drug-likeness (QED) is 0.775. The largest absolute Gasteiger partial charge is 0.382 e. The summed E-state index contributed by atoms with van der Waals surface area (Å²) in [6, 6.07) is 1.64. The number of nitrogens with two attached hydrogens (primary N) is 1. The molecule has 2 rings (SSSR count). The Morgan fingerprint density at radius 2 is 1.85 bits per heavy atom. The highest BCUT2D eigenvalue weighted by Gasteiger charge is 2.24. The maximum atomic E-state index is 12.1. The van der Waals surface area contributed by atoms with Crippen LogP contribution in [0.3, 0.4) is 0 Å². The van der Waals surface area contributed by atoms with Crippen LogP contribution >= 0.6 is 0 Å². The molecule has 3 amide bonds. The molecule has 8 heteroatoms. The molecule has 1 aromatic heterocycles. The average molecular weight is 280 g/mol. The predicted octanol–water partition coefficient (Wildman–Crippen LogP) is -0.709. The molecule has 0 radical (unpaired) electrons. The highest BCUT2D eigenvalue weighted by atomic mass is 16.2. The number of urea groups is 1. The Morgan fingerprint density at radius 3 is 2.35 bits per heavy atom. The van der Waals surface area contributed by atoms with Crippen molar-refractivity contribution in [3.63, 3.8) is 0 Å². The lowest BCUT2D eigenvalue weighted by atomic mass is 10.3. The van der Waals surface area contributed by atoms with Gasteiger partial charge >= 0.3 is 6.03 Å². The maximum absolute atomic E-state index is 12.1. The summed E-state index contributed by atoms with van der Waals surface area (Å²) in [5, 5.41) is 3.99. The topological polar surface area (TPSA) is 87.7 Å². The fourth-order valence-electron chi connectivity index (χ4n) is 2.13.